The largest absolute Gasteiger partial charge is 0.497 e. The Morgan fingerprint density at radius 1 is 1.06 bits per heavy atom. The van der Waals surface area contributed by atoms with Crippen molar-refractivity contribution in [2.45, 2.75) is 13.0 Å². The molecule has 1 aliphatic rings. The number of ether oxygens (including phenoxy) is 3. The molecule has 4 rings (SSSR count). The van der Waals surface area contributed by atoms with Crippen LogP contribution in [0, 0.1) is 0 Å². The second-order valence-corrected chi connectivity index (χ2v) is 7.23. The molecule has 1 atom stereocenters. The molecular formula is C23H23N5O5. The number of benzene rings is 2. The molecule has 0 spiro atoms. The Morgan fingerprint density at radius 2 is 1.82 bits per heavy atom. The van der Waals surface area contributed by atoms with Gasteiger partial charge in [-0.05, 0) is 36.8 Å². The van der Waals surface area contributed by atoms with Gasteiger partial charge in [0.25, 0.3) is 5.91 Å². The smallest absolute Gasteiger partial charge is 0.337 e. The highest BCUT2D eigenvalue weighted by molar-refractivity contribution is 6.06. The van der Waals surface area contributed by atoms with E-state index in [0.29, 0.717) is 40.0 Å². The average molecular weight is 449 g/mol. The number of nitrogens with one attached hydrogen (secondary N) is 2. The van der Waals surface area contributed by atoms with Gasteiger partial charge in [-0.25, -0.2) is 9.48 Å². The van der Waals surface area contributed by atoms with Gasteiger partial charge in [0, 0.05) is 11.8 Å². The maximum atomic E-state index is 13.5. The minimum atomic E-state index is -0.570. The lowest BCUT2D eigenvalue weighted by Crippen LogP contribution is -2.31. The van der Waals surface area contributed by atoms with E-state index in [1.54, 1.807) is 61.2 Å². The summed E-state index contributed by atoms with van der Waals surface area (Å²) in [5.41, 5.74) is 2.72. The van der Waals surface area contributed by atoms with Crippen molar-refractivity contribution in [2.24, 2.45) is 0 Å². The summed E-state index contributed by atoms with van der Waals surface area (Å²) in [5.74, 6) is 0.796. The zero-order valence-electron chi connectivity index (χ0n) is 18.6. The monoisotopic (exact) mass is 449 g/mol. The standard InChI is InChI=1S/C23H23N5O5/c1-13-19(21(29)27-17-10-9-16(31-2)11-18(17)32-3)20(28-23(26-13)24-12-25-28)14-5-7-15(8-6-14)22(30)33-4/h5-12,20H,1-4H3,(H,27,29)(H,24,25,26)/t20-/m0/s1. The fourth-order valence-corrected chi connectivity index (χ4v) is 3.70. The summed E-state index contributed by atoms with van der Waals surface area (Å²) in [6.45, 7) is 1.80. The Morgan fingerprint density at radius 3 is 2.48 bits per heavy atom. The molecule has 2 heterocycles. The van der Waals surface area contributed by atoms with Crippen LogP contribution in [0.4, 0.5) is 11.6 Å². The molecule has 2 N–H and O–H groups in total. The molecule has 0 saturated heterocycles. The van der Waals surface area contributed by atoms with Crippen LogP contribution in [-0.2, 0) is 9.53 Å². The first-order chi connectivity index (χ1) is 16.0. The topological polar surface area (TPSA) is 117 Å². The fourth-order valence-electron chi connectivity index (χ4n) is 3.70. The molecule has 0 radical (unpaired) electrons. The number of hydrogen-bond acceptors (Lipinski definition) is 8. The van der Waals surface area contributed by atoms with E-state index >= 15 is 0 Å². The van der Waals surface area contributed by atoms with Crippen molar-refractivity contribution in [3.05, 3.63) is 71.2 Å². The number of fused-ring (bicyclic) bond motifs is 1. The van der Waals surface area contributed by atoms with Crippen molar-refractivity contribution >= 4 is 23.5 Å². The van der Waals surface area contributed by atoms with E-state index in [0.717, 1.165) is 5.56 Å². The van der Waals surface area contributed by atoms with Gasteiger partial charge in [0.1, 0.15) is 23.9 Å². The highest BCUT2D eigenvalue weighted by Crippen LogP contribution is 2.36. The maximum absolute atomic E-state index is 13.5. The quantitative estimate of drug-likeness (QED) is 0.552. The molecule has 10 nitrogen and oxygen atoms in total. The van der Waals surface area contributed by atoms with Gasteiger partial charge in [-0.2, -0.15) is 10.1 Å². The highest BCUT2D eigenvalue weighted by Gasteiger charge is 2.33. The Balaban J connectivity index is 1.72. The first kappa shape index (κ1) is 21.9. The summed E-state index contributed by atoms with van der Waals surface area (Å²) in [5, 5.41) is 10.4. The predicted molar refractivity (Wildman–Crippen MR) is 120 cm³/mol. The second-order valence-electron chi connectivity index (χ2n) is 7.23. The molecule has 0 unspecified atom stereocenters. The first-order valence-corrected chi connectivity index (χ1v) is 10.1. The molecular weight excluding hydrogens is 426 g/mol. The first-order valence-electron chi connectivity index (χ1n) is 10.1. The van der Waals surface area contributed by atoms with Gasteiger partial charge in [-0.3, -0.25) is 4.79 Å². The van der Waals surface area contributed by atoms with Crippen LogP contribution in [0.3, 0.4) is 0 Å². The van der Waals surface area contributed by atoms with Crippen LogP contribution >= 0.6 is 0 Å². The van der Waals surface area contributed by atoms with Gasteiger partial charge in [-0.15, -0.1) is 0 Å². The van der Waals surface area contributed by atoms with Crippen LogP contribution in [0.5, 0.6) is 11.5 Å². The Bertz CT molecular complexity index is 1230. The third-order valence-electron chi connectivity index (χ3n) is 5.34. The summed E-state index contributed by atoms with van der Waals surface area (Å²) in [6, 6.07) is 11.4. The summed E-state index contributed by atoms with van der Waals surface area (Å²) in [7, 11) is 4.40. The molecule has 1 aromatic heterocycles. The Hall–Kier alpha value is -4.34. The number of anilines is 2. The summed E-state index contributed by atoms with van der Waals surface area (Å²) < 4.78 is 17.0. The van der Waals surface area contributed by atoms with Gasteiger partial charge in [0.05, 0.1) is 38.2 Å². The third kappa shape index (κ3) is 4.10. The molecule has 0 bridgehead atoms. The third-order valence-corrected chi connectivity index (χ3v) is 5.34. The SMILES string of the molecule is COC(=O)c1ccc([C@H]2C(C(=O)Nc3ccc(OC)cc3OC)=C(C)Nc3ncnn32)cc1. The van der Waals surface area contributed by atoms with E-state index in [-0.39, 0.29) is 5.91 Å². The Labute approximate surface area is 190 Å². The number of carbonyl (C=O) groups is 2. The van der Waals surface area contributed by atoms with Crippen LogP contribution in [0.1, 0.15) is 28.9 Å². The summed E-state index contributed by atoms with van der Waals surface area (Å²) in [6.07, 6.45) is 1.42. The number of hydrogen-bond donors (Lipinski definition) is 2. The van der Waals surface area contributed by atoms with Crippen LogP contribution in [0.2, 0.25) is 0 Å². The lowest BCUT2D eigenvalue weighted by Gasteiger charge is -2.29. The van der Waals surface area contributed by atoms with Crippen molar-refractivity contribution < 1.29 is 23.8 Å². The van der Waals surface area contributed by atoms with E-state index in [2.05, 4.69) is 20.7 Å². The molecule has 33 heavy (non-hydrogen) atoms. The number of carbonyl (C=O) groups excluding carboxylic acids is 2. The highest BCUT2D eigenvalue weighted by atomic mass is 16.5. The summed E-state index contributed by atoms with van der Waals surface area (Å²) in [4.78, 5) is 29.6. The van der Waals surface area contributed by atoms with Crippen LogP contribution in [0.15, 0.2) is 60.1 Å². The number of nitrogens with zero attached hydrogens (tertiary/aromatic N) is 3. The van der Waals surface area contributed by atoms with Crippen molar-refractivity contribution in [1.29, 1.82) is 0 Å². The molecule has 2 aromatic carbocycles. The minimum Gasteiger partial charge on any atom is -0.497 e. The van der Waals surface area contributed by atoms with Crippen LogP contribution in [-0.4, -0.2) is 48.0 Å². The number of amides is 1. The van der Waals surface area contributed by atoms with Crippen LogP contribution < -0.4 is 20.1 Å². The molecule has 10 heteroatoms. The lowest BCUT2D eigenvalue weighted by atomic mass is 9.94. The number of allylic oxidation sites excluding steroid dienone is 1. The average Bonchev–Trinajstić information content (AvgIpc) is 3.30. The molecule has 0 aliphatic carbocycles. The van der Waals surface area contributed by atoms with Crippen molar-refractivity contribution in [3.63, 3.8) is 0 Å². The van der Waals surface area contributed by atoms with E-state index < -0.39 is 12.0 Å². The predicted octanol–water partition coefficient (Wildman–Crippen LogP) is 3.01. The molecule has 1 aliphatic heterocycles. The minimum absolute atomic E-state index is 0.341. The van der Waals surface area contributed by atoms with E-state index in [4.69, 9.17) is 14.2 Å². The van der Waals surface area contributed by atoms with Gasteiger partial charge in [0.2, 0.25) is 5.95 Å². The number of esters is 1. The normalized spacial score (nSPS) is 14.7. The Kier molecular flexibility index (Phi) is 5.99. The summed E-state index contributed by atoms with van der Waals surface area (Å²) >= 11 is 0. The maximum Gasteiger partial charge on any atom is 0.337 e. The molecule has 170 valence electrons. The lowest BCUT2D eigenvalue weighted by molar-refractivity contribution is -0.113. The fraction of sp³-hybridized carbons (Fsp3) is 0.217. The van der Waals surface area contributed by atoms with Gasteiger partial charge in [-0.1, -0.05) is 12.1 Å². The van der Waals surface area contributed by atoms with Crippen LogP contribution in [0.25, 0.3) is 0 Å². The zero-order chi connectivity index (χ0) is 23.5. The molecule has 1 amide bonds. The number of rotatable bonds is 6. The molecule has 3 aromatic rings. The van der Waals surface area contributed by atoms with Gasteiger partial charge >= 0.3 is 5.97 Å². The number of methoxy groups -OCH3 is 3. The second kappa shape index (κ2) is 9.03. The van der Waals surface area contributed by atoms with E-state index in [1.165, 1.54) is 20.5 Å². The van der Waals surface area contributed by atoms with Crippen molar-refractivity contribution in [3.8, 4) is 11.5 Å². The number of aromatic nitrogens is 3. The zero-order valence-corrected chi connectivity index (χ0v) is 18.6. The molecule has 0 saturated carbocycles. The van der Waals surface area contributed by atoms with E-state index in [9.17, 15) is 9.59 Å². The van der Waals surface area contributed by atoms with Crippen molar-refractivity contribution in [1.82, 2.24) is 14.8 Å². The van der Waals surface area contributed by atoms with E-state index in [1.807, 2.05) is 0 Å². The van der Waals surface area contributed by atoms with Crippen molar-refractivity contribution in [2.75, 3.05) is 32.0 Å². The molecule has 0 fully saturated rings. The van der Waals surface area contributed by atoms with Gasteiger partial charge in [0.15, 0.2) is 0 Å². The van der Waals surface area contributed by atoms with Gasteiger partial charge < -0.3 is 24.8 Å².